The summed E-state index contributed by atoms with van der Waals surface area (Å²) in [6, 6.07) is 7.05. The molecule has 4 heteroatoms. The first kappa shape index (κ1) is 12.6. The minimum absolute atomic E-state index is 0.466. The average molecular weight is 258 g/mol. The van der Waals surface area contributed by atoms with Crippen LogP contribution in [0.15, 0.2) is 18.2 Å². The number of nitrogens with one attached hydrogen (secondary N) is 2. The zero-order valence-corrected chi connectivity index (χ0v) is 11.7. The lowest BCUT2D eigenvalue weighted by atomic mass is 10.1. The van der Waals surface area contributed by atoms with Crippen molar-refractivity contribution in [3.8, 4) is 0 Å². The maximum absolute atomic E-state index is 4.46. The second-order valence-electron chi connectivity index (χ2n) is 5.41. The fourth-order valence-electron chi connectivity index (χ4n) is 2.88. The maximum atomic E-state index is 4.46. The fraction of sp³-hybridized carbons (Fsp3) is 0.533. The van der Waals surface area contributed by atoms with Gasteiger partial charge >= 0.3 is 0 Å². The molecule has 0 radical (unpaired) electrons. The molecule has 102 valence electrons. The van der Waals surface area contributed by atoms with Gasteiger partial charge in [0.2, 0.25) is 0 Å². The monoisotopic (exact) mass is 258 g/mol. The second kappa shape index (κ2) is 5.31. The SMILES string of the molecule is Cc1nc2ccc(C(C)N3CCCNCC3)cc2[nH]1. The molecule has 0 aliphatic carbocycles. The number of fused-ring (bicyclic) bond motifs is 1. The number of H-pyrrole nitrogens is 1. The van der Waals surface area contributed by atoms with Crippen LogP contribution in [0.25, 0.3) is 11.0 Å². The fourth-order valence-corrected chi connectivity index (χ4v) is 2.88. The number of aryl methyl sites for hydroxylation is 1. The number of aromatic nitrogens is 2. The molecule has 1 aliphatic rings. The molecule has 1 unspecified atom stereocenters. The van der Waals surface area contributed by atoms with E-state index in [-0.39, 0.29) is 0 Å². The molecule has 1 fully saturated rings. The van der Waals surface area contributed by atoms with E-state index in [2.05, 4.69) is 45.3 Å². The Balaban J connectivity index is 1.85. The van der Waals surface area contributed by atoms with Gasteiger partial charge in [-0.05, 0) is 51.1 Å². The van der Waals surface area contributed by atoms with Gasteiger partial charge in [-0.15, -0.1) is 0 Å². The van der Waals surface area contributed by atoms with E-state index >= 15 is 0 Å². The van der Waals surface area contributed by atoms with Crippen molar-refractivity contribution in [3.05, 3.63) is 29.6 Å². The molecule has 1 saturated heterocycles. The summed E-state index contributed by atoms with van der Waals surface area (Å²) in [4.78, 5) is 10.3. The molecule has 1 aromatic carbocycles. The highest BCUT2D eigenvalue weighted by Gasteiger charge is 2.17. The summed E-state index contributed by atoms with van der Waals surface area (Å²) < 4.78 is 0. The Morgan fingerprint density at radius 3 is 3.05 bits per heavy atom. The van der Waals surface area contributed by atoms with Gasteiger partial charge < -0.3 is 10.3 Å². The van der Waals surface area contributed by atoms with Crippen LogP contribution in [0.4, 0.5) is 0 Å². The Morgan fingerprint density at radius 2 is 2.16 bits per heavy atom. The zero-order valence-electron chi connectivity index (χ0n) is 11.7. The number of aromatic amines is 1. The van der Waals surface area contributed by atoms with Crippen molar-refractivity contribution in [1.82, 2.24) is 20.2 Å². The molecule has 1 aromatic heterocycles. The van der Waals surface area contributed by atoms with Crippen LogP contribution < -0.4 is 5.32 Å². The van der Waals surface area contributed by atoms with Crippen LogP contribution in [0, 0.1) is 6.92 Å². The highest BCUT2D eigenvalue weighted by atomic mass is 15.2. The first-order chi connectivity index (χ1) is 9.24. The third-order valence-electron chi connectivity index (χ3n) is 4.03. The first-order valence-corrected chi connectivity index (χ1v) is 7.15. The van der Waals surface area contributed by atoms with Crippen LogP contribution in [-0.2, 0) is 0 Å². The molecule has 3 rings (SSSR count). The molecule has 0 amide bonds. The van der Waals surface area contributed by atoms with E-state index in [0.29, 0.717) is 6.04 Å². The molecule has 4 nitrogen and oxygen atoms in total. The largest absolute Gasteiger partial charge is 0.342 e. The van der Waals surface area contributed by atoms with Crippen molar-refractivity contribution >= 4 is 11.0 Å². The van der Waals surface area contributed by atoms with Crippen molar-refractivity contribution in [2.24, 2.45) is 0 Å². The van der Waals surface area contributed by atoms with Gasteiger partial charge in [-0.25, -0.2) is 4.98 Å². The normalized spacial score (nSPS) is 19.5. The Hall–Kier alpha value is -1.39. The van der Waals surface area contributed by atoms with Gasteiger partial charge in [0, 0.05) is 19.1 Å². The quantitative estimate of drug-likeness (QED) is 0.868. The van der Waals surface area contributed by atoms with E-state index in [1.54, 1.807) is 0 Å². The summed E-state index contributed by atoms with van der Waals surface area (Å²) >= 11 is 0. The summed E-state index contributed by atoms with van der Waals surface area (Å²) in [7, 11) is 0. The number of nitrogens with zero attached hydrogens (tertiary/aromatic N) is 2. The van der Waals surface area contributed by atoms with E-state index in [0.717, 1.165) is 36.5 Å². The number of hydrogen-bond acceptors (Lipinski definition) is 3. The van der Waals surface area contributed by atoms with E-state index in [1.165, 1.54) is 18.5 Å². The minimum Gasteiger partial charge on any atom is -0.342 e. The molecular weight excluding hydrogens is 236 g/mol. The van der Waals surface area contributed by atoms with E-state index in [4.69, 9.17) is 0 Å². The molecular formula is C15H22N4. The Labute approximate surface area is 114 Å². The summed E-state index contributed by atoms with van der Waals surface area (Å²) in [6.07, 6.45) is 1.23. The Bertz CT molecular complexity index is 552. The van der Waals surface area contributed by atoms with Crippen molar-refractivity contribution in [2.45, 2.75) is 26.3 Å². The molecule has 0 bridgehead atoms. The third kappa shape index (κ3) is 2.65. The molecule has 1 atom stereocenters. The summed E-state index contributed by atoms with van der Waals surface area (Å²) in [6.45, 7) is 8.84. The lowest BCUT2D eigenvalue weighted by Crippen LogP contribution is -2.30. The number of benzene rings is 1. The van der Waals surface area contributed by atoms with Gasteiger partial charge in [0.15, 0.2) is 0 Å². The van der Waals surface area contributed by atoms with Crippen molar-refractivity contribution in [2.75, 3.05) is 26.2 Å². The average Bonchev–Trinajstić information content (AvgIpc) is 2.63. The van der Waals surface area contributed by atoms with Gasteiger partial charge in [-0.3, -0.25) is 4.90 Å². The molecule has 2 aromatic rings. The van der Waals surface area contributed by atoms with Crippen molar-refractivity contribution in [1.29, 1.82) is 0 Å². The third-order valence-corrected chi connectivity index (χ3v) is 4.03. The smallest absolute Gasteiger partial charge is 0.104 e. The standard InChI is InChI=1S/C15H22N4/c1-11(19-8-3-6-16-7-9-19)13-4-5-14-15(10-13)18-12(2)17-14/h4-5,10-11,16H,3,6-9H2,1-2H3,(H,17,18). The van der Waals surface area contributed by atoms with Gasteiger partial charge in [-0.1, -0.05) is 6.07 Å². The summed E-state index contributed by atoms with van der Waals surface area (Å²) in [5, 5.41) is 3.46. The van der Waals surface area contributed by atoms with Gasteiger partial charge in [0.1, 0.15) is 5.82 Å². The van der Waals surface area contributed by atoms with E-state index < -0.39 is 0 Å². The topological polar surface area (TPSA) is 44.0 Å². The van der Waals surface area contributed by atoms with Crippen LogP contribution in [-0.4, -0.2) is 41.0 Å². The Morgan fingerprint density at radius 1 is 1.26 bits per heavy atom. The van der Waals surface area contributed by atoms with Crippen LogP contribution in [0.3, 0.4) is 0 Å². The van der Waals surface area contributed by atoms with Crippen LogP contribution in [0.1, 0.15) is 30.8 Å². The Kier molecular flexibility index (Phi) is 3.53. The minimum atomic E-state index is 0.466. The number of hydrogen-bond donors (Lipinski definition) is 2. The molecule has 19 heavy (non-hydrogen) atoms. The highest BCUT2D eigenvalue weighted by molar-refractivity contribution is 5.75. The zero-order chi connectivity index (χ0) is 13.2. The molecule has 2 heterocycles. The maximum Gasteiger partial charge on any atom is 0.104 e. The molecule has 1 aliphatic heterocycles. The number of imidazole rings is 1. The van der Waals surface area contributed by atoms with Crippen LogP contribution >= 0.6 is 0 Å². The molecule has 0 saturated carbocycles. The van der Waals surface area contributed by atoms with E-state index in [1.807, 2.05) is 6.92 Å². The number of rotatable bonds is 2. The van der Waals surface area contributed by atoms with Crippen molar-refractivity contribution in [3.63, 3.8) is 0 Å². The van der Waals surface area contributed by atoms with Crippen LogP contribution in [0.2, 0.25) is 0 Å². The van der Waals surface area contributed by atoms with E-state index in [9.17, 15) is 0 Å². The second-order valence-corrected chi connectivity index (χ2v) is 5.41. The van der Waals surface area contributed by atoms with Gasteiger partial charge in [0.25, 0.3) is 0 Å². The summed E-state index contributed by atoms with van der Waals surface area (Å²) in [5.41, 5.74) is 3.58. The van der Waals surface area contributed by atoms with Crippen LogP contribution in [0.5, 0.6) is 0 Å². The molecule has 2 N–H and O–H groups in total. The first-order valence-electron chi connectivity index (χ1n) is 7.15. The van der Waals surface area contributed by atoms with Crippen molar-refractivity contribution < 1.29 is 0 Å². The lowest BCUT2D eigenvalue weighted by Gasteiger charge is -2.27. The van der Waals surface area contributed by atoms with Gasteiger partial charge in [0.05, 0.1) is 11.0 Å². The lowest BCUT2D eigenvalue weighted by molar-refractivity contribution is 0.225. The predicted octanol–water partition coefficient (Wildman–Crippen LogP) is 2.23. The highest BCUT2D eigenvalue weighted by Crippen LogP contribution is 2.24. The van der Waals surface area contributed by atoms with Gasteiger partial charge in [-0.2, -0.15) is 0 Å². The molecule has 0 spiro atoms. The predicted molar refractivity (Wildman–Crippen MR) is 78.3 cm³/mol. The summed E-state index contributed by atoms with van der Waals surface area (Å²) in [5.74, 6) is 0.985.